The first-order valence-electron chi connectivity index (χ1n) is 5.24. The van der Waals surface area contributed by atoms with Crippen molar-refractivity contribution >= 4 is 27.7 Å². The van der Waals surface area contributed by atoms with Gasteiger partial charge in [0, 0.05) is 19.5 Å². The van der Waals surface area contributed by atoms with Crippen molar-refractivity contribution in [2.75, 3.05) is 25.6 Å². The lowest BCUT2D eigenvalue weighted by Gasteiger charge is -2.21. The molecule has 1 atom stereocenters. The topological polar surface area (TPSA) is 96.9 Å². The Labute approximate surface area is 114 Å². The van der Waals surface area contributed by atoms with Crippen molar-refractivity contribution < 1.29 is 9.94 Å². The van der Waals surface area contributed by atoms with E-state index in [9.17, 15) is 0 Å². The predicted octanol–water partition coefficient (Wildman–Crippen LogP) is 1.07. The molecule has 0 saturated heterocycles. The molecular formula is C10H16BrN5O2. The van der Waals surface area contributed by atoms with Crippen LogP contribution in [-0.2, 0) is 0 Å². The van der Waals surface area contributed by atoms with E-state index in [0.29, 0.717) is 22.8 Å². The Morgan fingerprint density at radius 2 is 2.39 bits per heavy atom. The van der Waals surface area contributed by atoms with Crippen molar-refractivity contribution in [3.63, 3.8) is 0 Å². The number of nitrogens with zero attached hydrogens (tertiary/aromatic N) is 4. The van der Waals surface area contributed by atoms with Crippen LogP contribution in [0.2, 0.25) is 0 Å². The lowest BCUT2D eigenvalue weighted by Crippen LogP contribution is -2.33. The molecule has 0 aromatic carbocycles. The van der Waals surface area contributed by atoms with Crippen LogP contribution < -0.4 is 15.4 Å². The average molecular weight is 318 g/mol. The molecule has 8 heteroatoms. The molecule has 0 aliphatic rings. The number of nitrogens with two attached hydrogens (primary N) is 1. The number of methoxy groups -OCH3 is 1. The Kier molecular flexibility index (Phi) is 5.14. The normalized spacial score (nSPS) is 13.2. The van der Waals surface area contributed by atoms with Crippen LogP contribution in [-0.4, -0.2) is 41.7 Å². The number of amidine groups is 1. The summed E-state index contributed by atoms with van der Waals surface area (Å²) in [5.74, 6) is 1.03. The first kappa shape index (κ1) is 14.5. The van der Waals surface area contributed by atoms with E-state index in [1.165, 1.54) is 7.11 Å². The lowest BCUT2D eigenvalue weighted by molar-refractivity contribution is 0.314. The van der Waals surface area contributed by atoms with E-state index in [2.05, 4.69) is 31.1 Å². The molecule has 1 unspecified atom stereocenters. The third-order valence-corrected chi connectivity index (χ3v) is 2.95. The van der Waals surface area contributed by atoms with Gasteiger partial charge in [0.25, 0.3) is 0 Å². The van der Waals surface area contributed by atoms with E-state index in [4.69, 9.17) is 15.7 Å². The monoisotopic (exact) mass is 317 g/mol. The SMILES string of the molecule is COc1nc(N(C)CC(C)C(N)=NO)ncc1Br. The molecule has 100 valence electrons. The van der Waals surface area contributed by atoms with Gasteiger partial charge in [0.2, 0.25) is 11.8 Å². The van der Waals surface area contributed by atoms with Gasteiger partial charge >= 0.3 is 0 Å². The van der Waals surface area contributed by atoms with Gasteiger partial charge in [-0.1, -0.05) is 12.1 Å². The number of halogens is 1. The summed E-state index contributed by atoms with van der Waals surface area (Å²) in [4.78, 5) is 10.2. The Morgan fingerprint density at radius 3 is 2.94 bits per heavy atom. The number of hydrogen-bond donors (Lipinski definition) is 2. The maximum atomic E-state index is 8.59. The summed E-state index contributed by atoms with van der Waals surface area (Å²) in [6.07, 6.45) is 1.62. The van der Waals surface area contributed by atoms with Crippen LogP contribution in [0.25, 0.3) is 0 Å². The van der Waals surface area contributed by atoms with Gasteiger partial charge in [-0.2, -0.15) is 4.98 Å². The van der Waals surface area contributed by atoms with Gasteiger partial charge in [-0.15, -0.1) is 0 Å². The fourth-order valence-electron chi connectivity index (χ4n) is 1.35. The van der Waals surface area contributed by atoms with Crippen LogP contribution in [0.1, 0.15) is 6.92 Å². The van der Waals surface area contributed by atoms with Crippen molar-refractivity contribution in [2.24, 2.45) is 16.8 Å². The standard InChI is InChI=1S/C10H16BrN5O2/c1-6(8(12)15-17)5-16(2)10-13-4-7(11)9(14-10)18-3/h4,6,17H,5H2,1-3H3,(H2,12,15). The van der Waals surface area contributed by atoms with Crippen LogP contribution in [0, 0.1) is 5.92 Å². The zero-order chi connectivity index (χ0) is 13.7. The minimum atomic E-state index is -0.113. The highest BCUT2D eigenvalue weighted by atomic mass is 79.9. The zero-order valence-corrected chi connectivity index (χ0v) is 12.0. The smallest absolute Gasteiger partial charge is 0.232 e. The zero-order valence-electron chi connectivity index (χ0n) is 10.5. The van der Waals surface area contributed by atoms with Gasteiger partial charge in [0.1, 0.15) is 5.84 Å². The Bertz CT molecular complexity index is 440. The van der Waals surface area contributed by atoms with Crippen LogP contribution >= 0.6 is 15.9 Å². The highest BCUT2D eigenvalue weighted by molar-refractivity contribution is 9.10. The van der Waals surface area contributed by atoms with Gasteiger partial charge in [-0.05, 0) is 15.9 Å². The Balaban J connectivity index is 2.81. The molecule has 0 aliphatic heterocycles. The van der Waals surface area contributed by atoms with E-state index in [-0.39, 0.29) is 11.8 Å². The summed E-state index contributed by atoms with van der Waals surface area (Å²) in [5, 5.41) is 11.6. The molecule has 0 bridgehead atoms. The van der Waals surface area contributed by atoms with Crippen molar-refractivity contribution in [3.8, 4) is 5.88 Å². The predicted molar refractivity (Wildman–Crippen MR) is 72.1 cm³/mol. The van der Waals surface area contributed by atoms with Crippen LogP contribution in [0.4, 0.5) is 5.95 Å². The number of ether oxygens (including phenoxy) is 1. The molecule has 1 aromatic heterocycles. The summed E-state index contributed by atoms with van der Waals surface area (Å²) >= 11 is 3.28. The third-order valence-electron chi connectivity index (χ3n) is 2.40. The number of aromatic nitrogens is 2. The molecule has 1 rings (SSSR count). The van der Waals surface area contributed by atoms with E-state index < -0.39 is 0 Å². The van der Waals surface area contributed by atoms with Crippen LogP contribution in [0.3, 0.4) is 0 Å². The van der Waals surface area contributed by atoms with Crippen molar-refractivity contribution in [2.45, 2.75) is 6.92 Å². The molecule has 0 amide bonds. The maximum absolute atomic E-state index is 8.59. The van der Waals surface area contributed by atoms with Gasteiger partial charge in [-0.3, -0.25) is 0 Å². The minimum absolute atomic E-state index is 0.113. The molecule has 0 saturated carbocycles. The number of anilines is 1. The highest BCUT2D eigenvalue weighted by Crippen LogP contribution is 2.23. The highest BCUT2D eigenvalue weighted by Gasteiger charge is 2.14. The van der Waals surface area contributed by atoms with Crippen molar-refractivity contribution in [1.29, 1.82) is 0 Å². The fourth-order valence-corrected chi connectivity index (χ4v) is 1.71. The molecule has 18 heavy (non-hydrogen) atoms. The molecule has 0 spiro atoms. The average Bonchev–Trinajstić information content (AvgIpc) is 2.37. The summed E-state index contributed by atoms with van der Waals surface area (Å²) < 4.78 is 5.78. The van der Waals surface area contributed by atoms with Gasteiger partial charge in [0.15, 0.2) is 0 Å². The molecule has 0 radical (unpaired) electrons. The summed E-state index contributed by atoms with van der Waals surface area (Å²) in [6.45, 7) is 2.38. The second-order valence-electron chi connectivity index (χ2n) is 3.83. The summed E-state index contributed by atoms with van der Waals surface area (Å²) in [6, 6.07) is 0. The number of hydrogen-bond acceptors (Lipinski definition) is 6. The van der Waals surface area contributed by atoms with E-state index in [1.54, 1.807) is 11.1 Å². The van der Waals surface area contributed by atoms with Gasteiger partial charge in [-0.25, -0.2) is 4.98 Å². The van der Waals surface area contributed by atoms with E-state index in [1.807, 2.05) is 14.0 Å². The molecule has 1 aromatic rings. The van der Waals surface area contributed by atoms with Crippen LogP contribution in [0.15, 0.2) is 15.8 Å². The lowest BCUT2D eigenvalue weighted by atomic mass is 10.1. The van der Waals surface area contributed by atoms with Crippen LogP contribution in [0.5, 0.6) is 5.88 Å². The first-order chi connectivity index (χ1) is 8.49. The summed E-state index contributed by atoms with van der Waals surface area (Å²) in [7, 11) is 3.36. The minimum Gasteiger partial charge on any atom is -0.480 e. The third kappa shape index (κ3) is 3.46. The Hall–Kier alpha value is -1.57. The number of oxime groups is 1. The molecule has 0 fully saturated rings. The van der Waals surface area contributed by atoms with E-state index >= 15 is 0 Å². The fraction of sp³-hybridized carbons (Fsp3) is 0.500. The summed E-state index contributed by atoms with van der Waals surface area (Å²) in [5.41, 5.74) is 5.52. The van der Waals surface area contributed by atoms with Crippen molar-refractivity contribution in [1.82, 2.24) is 9.97 Å². The van der Waals surface area contributed by atoms with Gasteiger partial charge < -0.3 is 20.6 Å². The quantitative estimate of drug-likeness (QED) is 0.365. The number of rotatable bonds is 5. The largest absolute Gasteiger partial charge is 0.480 e. The molecule has 7 nitrogen and oxygen atoms in total. The molecule has 1 heterocycles. The second-order valence-corrected chi connectivity index (χ2v) is 4.69. The molecule has 0 aliphatic carbocycles. The maximum Gasteiger partial charge on any atom is 0.232 e. The van der Waals surface area contributed by atoms with Gasteiger partial charge in [0.05, 0.1) is 17.8 Å². The molecular weight excluding hydrogens is 302 g/mol. The first-order valence-corrected chi connectivity index (χ1v) is 6.04. The molecule has 3 N–H and O–H groups in total. The Morgan fingerprint density at radius 1 is 1.72 bits per heavy atom. The second kappa shape index (κ2) is 6.39. The van der Waals surface area contributed by atoms with Crippen molar-refractivity contribution in [3.05, 3.63) is 10.7 Å². The van der Waals surface area contributed by atoms with E-state index in [0.717, 1.165) is 0 Å².